The predicted molar refractivity (Wildman–Crippen MR) is 69.2 cm³/mol. The second-order valence-electron chi connectivity index (χ2n) is 4.70. The van der Waals surface area contributed by atoms with Gasteiger partial charge in [0.05, 0.1) is 5.69 Å². The molecule has 0 saturated heterocycles. The number of rotatable bonds is 3. The van der Waals surface area contributed by atoms with Crippen LogP contribution < -0.4 is 0 Å². The quantitative estimate of drug-likeness (QED) is 0.735. The standard InChI is InChI=1S/C15H21N/c1-2-13-8-10-15(16-12-13)11-9-14-6-4-3-5-7-14/h8-12,14H,2-7H2,1H3/b11-9-. The fraction of sp³-hybridized carbons (Fsp3) is 0.533. The maximum Gasteiger partial charge on any atom is 0.0626 e. The van der Waals surface area contributed by atoms with Crippen molar-refractivity contribution < 1.29 is 0 Å². The van der Waals surface area contributed by atoms with Gasteiger partial charge >= 0.3 is 0 Å². The zero-order valence-electron chi connectivity index (χ0n) is 10.2. The molecule has 0 N–H and O–H groups in total. The lowest BCUT2D eigenvalue weighted by Gasteiger charge is -2.17. The van der Waals surface area contributed by atoms with Crippen molar-refractivity contribution in [2.24, 2.45) is 5.92 Å². The molecule has 86 valence electrons. The first-order valence-corrected chi connectivity index (χ1v) is 6.51. The van der Waals surface area contributed by atoms with E-state index < -0.39 is 0 Å². The van der Waals surface area contributed by atoms with Gasteiger partial charge in [-0.25, -0.2) is 0 Å². The molecule has 1 fully saturated rings. The van der Waals surface area contributed by atoms with Crippen molar-refractivity contribution in [3.63, 3.8) is 0 Å². The summed E-state index contributed by atoms with van der Waals surface area (Å²) in [7, 11) is 0. The maximum absolute atomic E-state index is 4.45. The molecule has 1 heteroatoms. The van der Waals surface area contributed by atoms with Gasteiger partial charge in [-0.15, -0.1) is 0 Å². The summed E-state index contributed by atoms with van der Waals surface area (Å²) in [6.45, 7) is 2.16. The normalized spacial score (nSPS) is 18.1. The second-order valence-corrected chi connectivity index (χ2v) is 4.70. The summed E-state index contributed by atoms with van der Waals surface area (Å²) in [5, 5.41) is 0. The first-order valence-electron chi connectivity index (χ1n) is 6.51. The Morgan fingerprint density at radius 1 is 1.25 bits per heavy atom. The van der Waals surface area contributed by atoms with Gasteiger partial charge < -0.3 is 0 Å². The molecular formula is C15H21N. The molecule has 1 aromatic heterocycles. The van der Waals surface area contributed by atoms with Gasteiger partial charge in [0, 0.05) is 6.20 Å². The predicted octanol–water partition coefficient (Wildman–Crippen LogP) is 4.24. The highest BCUT2D eigenvalue weighted by atomic mass is 14.7. The van der Waals surface area contributed by atoms with Crippen LogP contribution in [0.4, 0.5) is 0 Å². The van der Waals surface area contributed by atoms with Crippen molar-refractivity contribution >= 4 is 6.08 Å². The third-order valence-electron chi connectivity index (χ3n) is 3.44. The van der Waals surface area contributed by atoms with Gasteiger partial charge in [0.2, 0.25) is 0 Å². The van der Waals surface area contributed by atoms with Gasteiger partial charge in [0.1, 0.15) is 0 Å². The average molecular weight is 215 g/mol. The van der Waals surface area contributed by atoms with Crippen LogP contribution in [0.1, 0.15) is 50.3 Å². The van der Waals surface area contributed by atoms with Gasteiger partial charge in [0.15, 0.2) is 0 Å². The summed E-state index contributed by atoms with van der Waals surface area (Å²) in [6.07, 6.45) is 14.6. The van der Waals surface area contributed by atoms with Crippen LogP contribution >= 0.6 is 0 Å². The second kappa shape index (κ2) is 5.83. The summed E-state index contributed by atoms with van der Waals surface area (Å²) in [5.41, 5.74) is 2.41. The van der Waals surface area contributed by atoms with E-state index in [1.807, 2.05) is 6.20 Å². The van der Waals surface area contributed by atoms with Gasteiger partial charge in [0.25, 0.3) is 0 Å². The monoisotopic (exact) mass is 215 g/mol. The van der Waals surface area contributed by atoms with Crippen molar-refractivity contribution in [2.45, 2.75) is 45.4 Å². The number of hydrogen-bond donors (Lipinski definition) is 0. The minimum Gasteiger partial charge on any atom is -0.257 e. The lowest BCUT2D eigenvalue weighted by atomic mass is 9.89. The van der Waals surface area contributed by atoms with Gasteiger partial charge in [-0.05, 0) is 42.9 Å². The fourth-order valence-corrected chi connectivity index (χ4v) is 2.30. The van der Waals surface area contributed by atoms with Crippen LogP contribution in [0.25, 0.3) is 6.08 Å². The highest BCUT2D eigenvalue weighted by Gasteiger charge is 2.09. The molecule has 0 aromatic carbocycles. The Hall–Kier alpha value is -1.11. The van der Waals surface area contributed by atoms with E-state index in [1.54, 1.807) is 0 Å². The molecule has 1 aliphatic carbocycles. The van der Waals surface area contributed by atoms with Crippen LogP contribution in [-0.2, 0) is 6.42 Å². The molecule has 1 aromatic rings. The molecule has 0 radical (unpaired) electrons. The highest BCUT2D eigenvalue weighted by molar-refractivity contribution is 5.44. The molecule has 0 amide bonds. The molecule has 1 saturated carbocycles. The van der Waals surface area contributed by atoms with E-state index in [-0.39, 0.29) is 0 Å². The summed E-state index contributed by atoms with van der Waals surface area (Å²) in [5.74, 6) is 0.793. The van der Waals surface area contributed by atoms with Crippen LogP contribution in [-0.4, -0.2) is 4.98 Å². The average Bonchev–Trinajstić information content (AvgIpc) is 2.38. The van der Waals surface area contributed by atoms with Crippen molar-refractivity contribution in [1.82, 2.24) is 4.98 Å². The Morgan fingerprint density at radius 3 is 2.69 bits per heavy atom. The molecular weight excluding hydrogens is 194 g/mol. The third kappa shape index (κ3) is 3.19. The van der Waals surface area contributed by atoms with E-state index in [1.165, 1.54) is 37.7 Å². The molecule has 2 rings (SSSR count). The van der Waals surface area contributed by atoms with E-state index >= 15 is 0 Å². The minimum atomic E-state index is 0.793. The van der Waals surface area contributed by atoms with E-state index in [0.717, 1.165) is 18.0 Å². The Balaban J connectivity index is 1.94. The highest BCUT2D eigenvalue weighted by Crippen LogP contribution is 2.25. The molecule has 16 heavy (non-hydrogen) atoms. The zero-order valence-corrected chi connectivity index (χ0v) is 10.2. The summed E-state index contributed by atoms with van der Waals surface area (Å²) in [6, 6.07) is 4.30. The van der Waals surface area contributed by atoms with Gasteiger partial charge in [-0.1, -0.05) is 38.3 Å². The third-order valence-corrected chi connectivity index (χ3v) is 3.44. The first-order chi connectivity index (χ1) is 7.88. The Labute approximate surface area is 98.6 Å². The van der Waals surface area contributed by atoms with E-state index in [2.05, 4.69) is 36.2 Å². The number of nitrogens with zero attached hydrogens (tertiary/aromatic N) is 1. The smallest absolute Gasteiger partial charge is 0.0626 e. The van der Waals surface area contributed by atoms with Crippen LogP contribution in [0, 0.1) is 5.92 Å². The Morgan fingerprint density at radius 2 is 2.06 bits per heavy atom. The molecule has 0 unspecified atom stereocenters. The lowest BCUT2D eigenvalue weighted by Crippen LogP contribution is -2.02. The molecule has 1 aliphatic rings. The molecule has 1 heterocycles. The van der Waals surface area contributed by atoms with Crippen molar-refractivity contribution in [1.29, 1.82) is 0 Å². The minimum absolute atomic E-state index is 0.793. The SMILES string of the molecule is CCc1ccc(/C=C\C2CCCCC2)nc1. The van der Waals surface area contributed by atoms with Crippen LogP contribution in [0.15, 0.2) is 24.4 Å². The molecule has 0 spiro atoms. The number of hydrogen-bond acceptors (Lipinski definition) is 1. The van der Waals surface area contributed by atoms with Crippen molar-refractivity contribution in [2.75, 3.05) is 0 Å². The Bertz CT molecular complexity index is 331. The van der Waals surface area contributed by atoms with Crippen LogP contribution in [0.3, 0.4) is 0 Å². The van der Waals surface area contributed by atoms with Crippen LogP contribution in [0.2, 0.25) is 0 Å². The topological polar surface area (TPSA) is 12.9 Å². The van der Waals surface area contributed by atoms with E-state index in [4.69, 9.17) is 0 Å². The van der Waals surface area contributed by atoms with Gasteiger partial charge in [-0.3, -0.25) is 4.98 Å². The molecule has 1 nitrogen and oxygen atoms in total. The van der Waals surface area contributed by atoms with Crippen molar-refractivity contribution in [3.05, 3.63) is 35.7 Å². The number of aromatic nitrogens is 1. The lowest BCUT2D eigenvalue weighted by molar-refractivity contribution is 0.420. The fourth-order valence-electron chi connectivity index (χ4n) is 2.30. The number of allylic oxidation sites excluding steroid dienone is 1. The zero-order chi connectivity index (χ0) is 11.2. The molecule has 0 aliphatic heterocycles. The van der Waals surface area contributed by atoms with Crippen LogP contribution in [0.5, 0.6) is 0 Å². The number of aryl methyl sites for hydroxylation is 1. The largest absolute Gasteiger partial charge is 0.257 e. The summed E-state index contributed by atoms with van der Waals surface area (Å²) < 4.78 is 0. The van der Waals surface area contributed by atoms with E-state index in [9.17, 15) is 0 Å². The maximum atomic E-state index is 4.45. The number of pyridine rings is 1. The Kier molecular flexibility index (Phi) is 4.15. The van der Waals surface area contributed by atoms with Crippen molar-refractivity contribution in [3.8, 4) is 0 Å². The van der Waals surface area contributed by atoms with E-state index in [0.29, 0.717) is 0 Å². The first kappa shape index (κ1) is 11.4. The molecule has 0 bridgehead atoms. The van der Waals surface area contributed by atoms with Gasteiger partial charge in [-0.2, -0.15) is 0 Å². The molecule has 0 atom stereocenters. The summed E-state index contributed by atoms with van der Waals surface area (Å²) >= 11 is 0. The summed E-state index contributed by atoms with van der Waals surface area (Å²) in [4.78, 5) is 4.45.